The summed E-state index contributed by atoms with van der Waals surface area (Å²) in [7, 11) is 0. The lowest BCUT2D eigenvalue weighted by Gasteiger charge is -2.45. The standard InChI is InChI=1S/C28H54N4O2/c1-21-17-25(3,4)29-27(7,8)19-23(33)31(21)15-13-11-12-14-16-32-22(2)18-26(5,6)30-28(9,10)20-24(32)34/h21-22,29-30H,11-20H2,1-10H3. The third kappa shape index (κ3) is 8.82. The Morgan fingerprint density at radius 1 is 0.618 bits per heavy atom. The SMILES string of the molecule is CC1CC(C)(C)NC(C)(C)CC(=O)N1CCCCCCN1C(=O)CC(C)(C)NC(C)(C)CC1C. The Balaban J connectivity index is 1.84. The molecule has 2 N–H and O–H groups in total. The predicted octanol–water partition coefficient (Wildman–Crippen LogP) is 4.86. The zero-order valence-corrected chi connectivity index (χ0v) is 23.9. The van der Waals surface area contributed by atoms with Crippen LogP contribution in [0.3, 0.4) is 0 Å². The first kappa shape index (κ1) is 29.1. The quantitative estimate of drug-likeness (QED) is 0.513. The van der Waals surface area contributed by atoms with Gasteiger partial charge in [0, 0.05) is 60.2 Å². The van der Waals surface area contributed by atoms with Crippen molar-refractivity contribution < 1.29 is 9.59 Å². The van der Waals surface area contributed by atoms with E-state index in [0.717, 1.165) is 51.6 Å². The molecule has 2 rings (SSSR count). The fourth-order valence-corrected chi connectivity index (χ4v) is 6.78. The molecule has 2 heterocycles. The van der Waals surface area contributed by atoms with Crippen molar-refractivity contribution in [3.63, 3.8) is 0 Å². The first-order valence-electron chi connectivity index (χ1n) is 13.6. The summed E-state index contributed by atoms with van der Waals surface area (Å²) in [4.78, 5) is 30.2. The van der Waals surface area contributed by atoms with Crippen LogP contribution in [0.15, 0.2) is 0 Å². The average Bonchev–Trinajstić information content (AvgIpc) is 2.57. The summed E-state index contributed by atoms with van der Waals surface area (Å²) in [6.07, 6.45) is 7.23. The van der Waals surface area contributed by atoms with E-state index in [2.05, 4.69) is 89.7 Å². The first-order chi connectivity index (χ1) is 15.4. The van der Waals surface area contributed by atoms with Gasteiger partial charge in [0.25, 0.3) is 0 Å². The molecule has 34 heavy (non-hydrogen) atoms. The molecule has 6 nitrogen and oxygen atoms in total. The minimum Gasteiger partial charge on any atom is -0.340 e. The van der Waals surface area contributed by atoms with Gasteiger partial charge in [-0.3, -0.25) is 9.59 Å². The average molecular weight is 479 g/mol. The van der Waals surface area contributed by atoms with Crippen molar-refractivity contribution in [1.29, 1.82) is 0 Å². The van der Waals surface area contributed by atoms with Crippen molar-refractivity contribution in [3.05, 3.63) is 0 Å². The van der Waals surface area contributed by atoms with Gasteiger partial charge in [-0.05, 0) is 94.9 Å². The normalized spacial score (nSPS) is 29.2. The van der Waals surface area contributed by atoms with E-state index in [9.17, 15) is 9.59 Å². The van der Waals surface area contributed by atoms with Crippen molar-refractivity contribution in [1.82, 2.24) is 20.4 Å². The van der Waals surface area contributed by atoms with Crippen molar-refractivity contribution in [3.8, 4) is 0 Å². The lowest BCUT2D eigenvalue weighted by Crippen LogP contribution is -2.59. The number of rotatable bonds is 7. The largest absolute Gasteiger partial charge is 0.340 e. The Bertz CT molecular complexity index is 653. The van der Waals surface area contributed by atoms with Crippen LogP contribution in [-0.2, 0) is 9.59 Å². The molecule has 2 fully saturated rings. The van der Waals surface area contributed by atoms with E-state index in [0.29, 0.717) is 12.8 Å². The Morgan fingerprint density at radius 2 is 0.941 bits per heavy atom. The molecule has 6 heteroatoms. The van der Waals surface area contributed by atoms with Gasteiger partial charge < -0.3 is 20.4 Å². The fraction of sp³-hybridized carbons (Fsp3) is 0.929. The minimum absolute atomic E-state index is 0.00971. The maximum Gasteiger partial charge on any atom is 0.224 e. The molecule has 2 unspecified atom stereocenters. The Morgan fingerprint density at radius 3 is 1.26 bits per heavy atom. The number of hydrogen-bond acceptors (Lipinski definition) is 4. The summed E-state index contributed by atoms with van der Waals surface area (Å²) in [5.74, 6) is 0.527. The summed E-state index contributed by atoms with van der Waals surface area (Å²) >= 11 is 0. The van der Waals surface area contributed by atoms with E-state index < -0.39 is 0 Å². The van der Waals surface area contributed by atoms with E-state index in [1.54, 1.807) is 0 Å². The molecule has 0 aromatic heterocycles. The number of nitrogens with one attached hydrogen (secondary N) is 2. The second-order valence-electron chi connectivity index (χ2n) is 13.8. The van der Waals surface area contributed by atoms with Crippen LogP contribution in [0.2, 0.25) is 0 Å². The Kier molecular flexibility index (Phi) is 9.29. The molecule has 2 saturated heterocycles. The lowest BCUT2D eigenvalue weighted by molar-refractivity contribution is -0.137. The number of carbonyl (C=O) groups excluding carboxylic acids is 2. The second kappa shape index (κ2) is 10.9. The summed E-state index contributed by atoms with van der Waals surface area (Å²) in [6, 6.07) is 0.483. The molecule has 0 aliphatic carbocycles. The van der Waals surface area contributed by atoms with Crippen molar-refractivity contribution in [2.75, 3.05) is 13.1 Å². The van der Waals surface area contributed by atoms with E-state index in [1.807, 2.05) is 0 Å². The van der Waals surface area contributed by atoms with Gasteiger partial charge in [-0.1, -0.05) is 12.8 Å². The third-order valence-electron chi connectivity index (χ3n) is 7.40. The minimum atomic E-state index is -0.188. The van der Waals surface area contributed by atoms with Crippen LogP contribution < -0.4 is 10.6 Å². The highest BCUT2D eigenvalue weighted by Crippen LogP contribution is 2.28. The Hall–Kier alpha value is -1.14. The van der Waals surface area contributed by atoms with Crippen LogP contribution in [0.5, 0.6) is 0 Å². The van der Waals surface area contributed by atoms with Crippen LogP contribution in [0.1, 0.15) is 121 Å². The number of amides is 2. The monoisotopic (exact) mass is 478 g/mol. The highest BCUT2D eigenvalue weighted by Gasteiger charge is 2.38. The predicted molar refractivity (Wildman–Crippen MR) is 142 cm³/mol. The summed E-state index contributed by atoms with van der Waals surface area (Å²) in [5.41, 5.74) is -0.356. The smallest absolute Gasteiger partial charge is 0.224 e. The van der Waals surface area contributed by atoms with Gasteiger partial charge in [-0.15, -0.1) is 0 Å². The molecule has 0 spiro atoms. The number of carbonyl (C=O) groups is 2. The van der Waals surface area contributed by atoms with Crippen molar-refractivity contribution >= 4 is 11.8 Å². The topological polar surface area (TPSA) is 64.7 Å². The van der Waals surface area contributed by atoms with Gasteiger partial charge in [0.05, 0.1) is 0 Å². The van der Waals surface area contributed by atoms with Gasteiger partial charge in [0.15, 0.2) is 0 Å². The lowest BCUT2D eigenvalue weighted by atomic mass is 9.86. The van der Waals surface area contributed by atoms with Gasteiger partial charge >= 0.3 is 0 Å². The van der Waals surface area contributed by atoms with Crippen LogP contribution in [-0.4, -0.2) is 68.9 Å². The van der Waals surface area contributed by atoms with Crippen LogP contribution in [0, 0.1) is 0 Å². The van der Waals surface area contributed by atoms with E-state index in [-0.39, 0.29) is 46.1 Å². The zero-order valence-electron chi connectivity index (χ0n) is 23.9. The molecule has 0 aromatic rings. The van der Waals surface area contributed by atoms with Crippen LogP contribution in [0.25, 0.3) is 0 Å². The summed E-state index contributed by atoms with van der Waals surface area (Å²) < 4.78 is 0. The molecule has 198 valence electrons. The molecule has 2 atom stereocenters. The van der Waals surface area contributed by atoms with Crippen LogP contribution >= 0.6 is 0 Å². The molecule has 2 aliphatic rings. The van der Waals surface area contributed by atoms with E-state index >= 15 is 0 Å². The van der Waals surface area contributed by atoms with Crippen molar-refractivity contribution in [2.24, 2.45) is 0 Å². The molecule has 2 aliphatic heterocycles. The van der Waals surface area contributed by atoms with Crippen molar-refractivity contribution in [2.45, 2.75) is 155 Å². The number of unbranched alkanes of at least 4 members (excludes halogenated alkanes) is 3. The van der Waals surface area contributed by atoms with Gasteiger partial charge in [0.2, 0.25) is 11.8 Å². The molecule has 0 aromatic carbocycles. The summed E-state index contributed by atoms with van der Waals surface area (Å²) in [5, 5.41) is 7.35. The van der Waals surface area contributed by atoms with Crippen LogP contribution in [0.4, 0.5) is 0 Å². The molecule has 0 saturated carbocycles. The molecule has 0 bridgehead atoms. The zero-order chi connectivity index (χ0) is 25.9. The molecule has 0 radical (unpaired) electrons. The first-order valence-corrected chi connectivity index (χ1v) is 13.6. The third-order valence-corrected chi connectivity index (χ3v) is 7.40. The molecular formula is C28H54N4O2. The van der Waals surface area contributed by atoms with E-state index in [1.165, 1.54) is 0 Å². The van der Waals surface area contributed by atoms with E-state index in [4.69, 9.17) is 0 Å². The number of hydrogen-bond donors (Lipinski definition) is 2. The van der Waals surface area contributed by atoms with Gasteiger partial charge in [-0.2, -0.15) is 0 Å². The highest BCUT2D eigenvalue weighted by molar-refractivity contribution is 5.78. The van der Waals surface area contributed by atoms with Gasteiger partial charge in [-0.25, -0.2) is 0 Å². The molecular weight excluding hydrogens is 424 g/mol. The number of nitrogens with zero attached hydrogens (tertiary/aromatic N) is 2. The Labute approximate surface area is 210 Å². The van der Waals surface area contributed by atoms with Gasteiger partial charge in [0.1, 0.15) is 0 Å². The molecule has 2 amide bonds. The maximum atomic E-state index is 13.0. The second-order valence-corrected chi connectivity index (χ2v) is 13.8. The highest BCUT2D eigenvalue weighted by atomic mass is 16.2. The maximum absolute atomic E-state index is 13.0. The fourth-order valence-electron chi connectivity index (χ4n) is 6.78. The summed E-state index contributed by atoms with van der Waals surface area (Å²) in [6.45, 7) is 23.5.